The van der Waals surface area contributed by atoms with Crippen molar-refractivity contribution in [3.05, 3.63) is 23.0 Å². The molecule has 0 bridgehead atoms. The first-order valence-electron chi connectivity index (χ1n) is 5.73. The second-order valence-electron chi connectivity index (χ2n) is 4.67. The zero-order valence-electron chi connectivity index (χ0n) is 9.53. The van der Waals surface area contributed by atoms with Gasteiger partial charge in [-0.2, -0.15) is 10.2 Å². The lowest BCUT2D eigenvalue weighted by Crippen LogP contribution is -2.21. The van der Waals surface area contributed by atoms with Crippen molar-refractivity contribution in [1.29, 1.82) is 0 Å². The van der Waals surface area contributed by atoms with Crippen molar-refractivity contribution in [3.8, 4) is 0 Å². The molecule has 0 amide bonds. The molecule has 2 N–H and O–H groups in total. The van der Waals surface area contributed by atoms with Crippen LogP contribution in [0.2, 0.25) is 0 Å². The Kier molecular flexibility index (Phi) is 3.00. The highest BCUT2D eigenvalue weighted by atomic mass is 15.1. The van der Waals surface area contributed by atoms with E-state index in [-0.39, 0.29) is 6.04 Å². The Morgan fingerprint density at radius 3 is 2.73 bits per heavy atom. The molecule has 1 aliphatic rings. The lowest BCUT2D eigenvalue weighted by atomic mass is 9.79. The first kappa shape index (κ1) is 10.6. The van der Waals surface area contributed by atoms with Crippen molar-refractivity contribution in [1.82, 2.24) is 10.2 Å². The smallest absolute Gasteiger partial charge is 0.0648 e. The van der Waals surface area contributed by atoms with Crippen LogP contribution in [0.25, 0.3) is 0 Å². The van der Waals surface area contributed by atoms with E-state index in [1.54, 1.807) is 0 Å². The second-order valence-corrected chi connectivity index (χ2v) is 4.67. The highest BCUT2D eigenvalue weighted by Crippen LogP contribution is 2.34. The van der Waals surface area contributed by atoms with Gasteiger partial charge in [0, 0.05) is 6.04 Å². The topological polar surface area (TPSA) is 51.8 Å². The summed E-state index contributed by atoms with van der Waals surface area (Å²) in [6.07, 6.45) is 5.18. The van der Waals surface area contributed by atoms with Gasteiger partial charge < -0.3 is 5.73 Å². The molecule has 0 aliphatic heterocycles. The van der Waals surface area contributed by atoms with E-state index in [1.807, 2.05) is 13.8 Å². The SMILES string of the molecule is Cc1cc(C(N)CC2CCC2)c(C)nn1. The van der Waals surface area contributed by atoms with Crippen molar-refractivity contribution in [2.75, 3.05) is 0 Å². The highest BCUT2D eigenvalue weighted by molar-refractivity contribution is 5.23. The van der Waals surface area contributed by atoms with Crippen LogP contribution in [0, 0.1) is 19.8 Å². The lowest BCUT2D eigenvalue weighted by molar-refractivity contribution is 0.277. The van der Waals surface area contributed by atoms with Crippen molar-refractivity contribution in [2.24, 2.45) is 11.7 Å². The second kappa shape index (κ2) is 4.27. The van der Waals surface area contributed by atoms with Crippen LogP contribution >= 0.6 is 0 Å². The first-order chi connectivity index (χ1) is 7.16. The Bertz CT molecular complexity index is 345. The summed E-state index contributed by atoms with van der Waals surface area (Å²) in [6.45, 7) is 3.95. The van der Waals surface area contributed by atoms with Gasteiger partial charge in [0.05, 0.1) is 11.4 Å². The summed E-state index contributed by atoms with van der Waals surface area (Å²) in [5.41, 5.74) is 9.32. The van der Waals surface area contributed by atoms with E-state index < -0.39 is 0 Å². The van der Waals surface area contributed by atoms with Gasteiger partial charge in [-0.25, -0.2) is 0 Å². The summed E-state index contributed by atoms with van der Waals surface area (Å²) < 4.78 is 0. The normalized spacial score (nSPS) is 18.6. The third-order valence-corrected chi connectivity index (χ3v) is 3.35. The summed E-state index contributed by atoms with van der Waals surface area (Å²) in [6, 6.07) is 2.22. The molecule has 0 aromatic carbocycles. The third kappa shape index (κ3) is 2.34. The van der Waals surface area contributed by atoms with Gasteiger partial charge in [0.2, 0.25) is 0 Å². The molecular formula is C12H19N3. The van der Waals surface area contributed by atoms with E-state index in [1.165, 1.54) is 24.8 Å². The molecule has 3 heteroatoms. The van der Waals surface area contributed by atoms with Gasteiger partial charge in [-0.1, -0.05) is 19.3 Å². The molecule has 0 saturated heterocycles. The molecule has 1 aromatic rings. The zero-order valence-corrected chi connectivity index (χ0v) is 9.53. The molecule has 1 atom stereocenters. The molecule has 1 fully saturated rings. The van der Waals surface area contributed by atoms with Crippen LogP contribution in [0.5, 0.6) is 0 Å². The Labute approximate surface area is 91.1 Å². The number of nitrogens with zero attached hydrogens (tertiary/aromatic N) is 2. The standard InChI is InChI=1S/C12H19N3/c1-8-6-11(9(2)15-14-8)12(13)7-10-4-3-5-10/h6,10,12H,3-5,7,13H2,1-2H3. The van der Waals surface area contributed by atoms with Crippen LogP contribution in [0.1, 0.15) is 48.7 Å². The predicted molar refractivity (Wildman–Crippen MR) is 60.4 cm³/mol. The van der Waals surface area contributed by atoms with E-state index in [4.69, 9.17) is 5.73 Å². The van der Waals surface area contributed by atoms with Crippen molar-refractivity contribution >= 4 is 0 Å². The quantitative estimate of drug-likeness (QED) is 0.823. The Hall–Kier alpha value is -0.960. The van der Waals surface area contributed by atoms with Crippen LogP contribution in [-0.2, 0) is 0 Å². The minimum Gasteiger partial charge on any atom is -0.324 e. The number of nitrogens with two attached hydrogens (primary N) is 1. The molecule has 0 spiro atoms. The summed E-state index contributed by atoms with van der Waals surface area (Å²) >= 11 is 0. The third-order valence-electron chi connectivity index (χ3n) is 3.35. The fraction of sp³-hybridized carbons (Fsp3) is 0.667. The zero-order chi connectivity index (χ0) is 10.8. The van der Waals surface area contributed by atoms with Gasteiger partial charge in [0.1, 0.15) is 0 Å². The van der Waals surface area contributed by atoms with Crippen molar-refractivity contribution in [3.63, 3.8) is 0 Å². The number of rotatable bonds is 3. The Morgan fingerprint density at radius 1 is 1.40 bits per heavy atom. The fourth-order valence-corrected chi connectivity index (χ4v) is 2.16. The summed E-state index contributed by atoms with van der Waals surface area (Å²) in [4.78, 5) is 0. The van der Waals surface area contributed by atoms with Crippen LogP contribution in [0.15, 0.2) is 6.07 Å². The van der Waals surface area contributed by atoms with Gasteiger partial charge >= 0.3 is 0 Å². The largest absolute Gasteiger partial charge is 0.324 e. The fourth-order valence-electron chi connectivity index (χ4n) is 2.16. The summed E-state index contributed by atoms with van der Waals surface area (Å²) in [7, 11) is 0. The average molecular weight is 205 g/mol. The average Bonchev–Trinajstić information content (AvgIpc) is 2.15. The van der Waals surface area contributed by atoms with Gasteiger partial charge in [0.15, 0.2) is 0 Å². The number of aryl methyl sites for hydroxylation is 2. The van der Waals surface area contributed by atoms with Crippen molar-refractivity contribution in [2.45, 2.75) is 45.6 Å². The van der Waals surface area contributed by atoms with Crippen LogP contribution in [0.3, 0.4) is 0 Å². The monoisotopic (exact) mass is 205 g/mol. The molecule has 3 nitrogen and oxygen atoms in total. The molecule has 1 aliphatic carbocycles. The first-order valence-corrected chi connectivity index (χ1v) is 5.73. The van der Waals surface area contributed by atoms with E-state index in [9.17, 15) is 0 Å². The minimum absolute atomic E-state index is 0.143. The van der Waals surface area contributed by atoms with E-state index in [0.717, 1.165) is 23.7 Å². The molecule has 1 unspecified atom stereocenters. The lowest BCUT2D eigenvalue weighted by Gasteiger charge is -2.28. The molecule has 0 radical (unpaired) electrons. The Balaban J connectivity index is 2.09. The van der Waals surface area contributed by atoms with Crippen molar-refractivity contribution < 1.29 is 0 Å². The van der Waals surface area contributed by atoms with E-state index in [2.05, 4.69) is 16.3 Å². The van der Waals surface area contributed by atoms with Gasteiger partial charge in [-0.3, -0.25) is 0 Å². The molecule has 15 heavy (non-hydrogen) atoms. The number of hydrogen-bond donors (Lipinski definition) is 1. The van der Waals surface area contributed by atoms with E-state index >= 15 is 0 Å². The van der Waals surface area contributed by atoms with E-state index in [0.29, 0.717) is 0 Å². The minimum atomic E-state index is 0.143. The number of hydrogen-bond acceptors (Lipinski definition) is 3. The van der Waals surface area contributed by atoms with Gasteiger partial charge in [0.25, 0.3) is 0 Å². The maximum Gasteiger partial charge on any atom is 0.0648 e. The van der Waals surface area contributed by atoms with Gasteiger partial charge in [-0.15, -0.1) is 0 Å². The molecular weight excluding hydrogens is 186 g/mol. The molecule has 1 saturated carbocycles. The Morgan fingerprint density at radius 2 is 2.13 bits per heavy atom. The maximum absolute atomic E-state index is 6.21. The molecule has 1 heterocycles. The van der Waals surface area contributed by atoms with Crippen LogP contribution in [0.4, 0.5) is 0 Å². The summed E-state index contributed by atoms with van der Waals surface area (Å²) in [5, 5.41) is 8.15. The van der Waals surface area contributed by atoms with Crippen LogP contribution in [-0.4, -0.2) is 10.2 Å². The summed E-state index contributed by atoms with van der Waals surface area (Å²) in [5.74, 6) is 0.841. The predicted octanol–water partition coefficient (Wildman–Crippen LogP) is 2.28. The molecule has 82 valence electrons. The molecule has 2 rings (SSSR count). The number of aromatic nitrogens is 2. The van der Waals surface area contributed by atoms with Crippen LogP contribution < -0.4 is 5.73 Å². The highest BCUT2D eigenvalue weighted by Gasteiger charge is 2.22. The molecule has 1 aromatic heterocycles. The maximum atomic E-state index is 6.21. The van der Waals surface area contributed by atoms with Gasteiger partial charge in [-0.05, 0) is 37.8 Å².